The number of carboxylic acid groups (broad SMARTS) is 1. The largest absolute Gasteiger partial charge is 0.479 e. The Morgan fingerprint density at radius 2 is 1.90 bits per heavy atom. The van der Waals surface area contributed by atoms with Gasteiger partial charge in [0.15, 0.2) is 6.04 Å². The van der Waals surface area contributed by atoms with Crippen LogP contribution in [0.2, 0.25) is 0 Å². The van der Waals surface area contributed by atoms with E-state index >= 15 is 0 Å². The second-order valence-corrected chi connectivity index (χ2v) is 6.71. The lowest BCUT2D eigenvalue weighted by molar-refractivity contribution is -0.139. The summed E-state index contributed by atoms with van der Waals surface area (Å²) in [6.07, 6.45) is 3.01. The molecule has 2 amide bonds. The Bertz CT molecular complexity index is 563. The number of aliphatic carboxylic acids is 1. The minimum atomic E-state index is -1.12. The van der Waals surface area contributed by atoms with Crippen LogP contribution >= 0.6 is 0 Å². The molecule has 0 saturated heterocycles. The van der Waals surface area contributed by atoms with Crippen molar-refractivity contribution in [2.45, 2.75) is 39.8 Å². The molecule has 1 aliphatic carbocycles. The van der Waals surface area contributed by atoms with Gasteiger partial charge < -0.3 is 15.7 Å². The van der Waals surface area contributed by atoms with Gasteiger partial charge in [0.05, 0.1) is 6.20 Å². The van der Waals surface area contributed by atoms with Crippen LogP contribution in [0, 0.1) is 10.8 Å². The third-order valence-electron chi connectivity index (χ3n) is 4.88. The van der Waals surface area contributed by atoms with Gasteiger partial charge in [-0.25, -0.2) is 9.59 Å². The Kier molecular flexibility index (Phi) is 3.47. The standard InChI is InChI=1S/C14H22N4O3/c1-13(2)11(14(13,3)4)17-12(21)16-9(10(19)20)8-6-15-18(5)7-8/h6-7,9,11H,1-5H3,(H,19,20)(H2,16,17,21). The third kappa shape index (κ3) is 2.59. The highest BCUT2D eigenvalue weighted by Crippen LogP contribution is 2.62. The van der Waals surface area contributed by atoms with E-state index in [9.17, 15) is 14.7 Å². The average Bonchev–Trinajstić information content (AvgIpc) is 2.70. The molecule has 1 heterocycles. The van der Waals surface area contributed by atoms with Crippen molar-refractivity contribution in [2.75, 3.05) is 0 Å². The van der Waals surface area contributed by atoms with E-state index in [1.54, 1.807) is 13.2 Å². The van der Waals surface area contributed by atoms with Crippen molar-refractivity contribution in [1.29, 1.82) is 0 Å². The van der Waals surface area contributed by atoms with Crippen LogP contribution in [0.1, 0.15) is 39.3 Å². The zero-order valence-electron chi connectivity index (χ0n) is 13.0. The Morgan fingerprint density at radius 1 is 1.33 bits per heavy atom. The zero-order valence-corrected chi connectivity index (χ0v) is 13.0. The van der Waals surface area contributed by atoms with Crippen molar-refractivity contribution in [2.24, 2.45) is 17.9 Å². The minimum absolute atomic E-state index is 0.00262. The van der Waals surface area contributed by atoms with Crippen molar-refractivity contribution in [3.63, 3.8) is 0 Å². The fourth-order valence-corrected chi connectivity index (χ4v) is 2.74. The van der Waals surface area contributed by atoms with E-state index in [4.69, 9.17) is 0 Å². The van der Waals surface area contributed by atoms with E-state index in [0.29, 0.717) is 5.56 Å². The summed E-state index contributed by atoms with van der Waals surface area (Å²) in [5.74, 6) is -1.12. The lowest BCUT2D eigenvalue weighted by Gasteiger charge is -2.14. The number of hydrogen-bond donors (Lipinski definition) is 3. The highest BCUT2D eigenvalue weighted by atomic mass is 16.4. The summed E-state index contributed by atoms with van der Waals surface area (Å²) in [6, 6.07) is -1.56. The summed E-state index contributed by atoms with van der Waals surface area (Å²) in [6.45, 7) is 8.31. The first-order valence-corrected chi connectivity index (χ1v) is 6.85. The fourth-order valence-electron chi connectivity index (χ4n) is 2.74. The van der Waals surface area contributed by atoms with Crippen LogP contribution in [0.15, 0.2) is 12.4 Å². The Morgan fingerprint density at radius 3 is 2.29 bits per heavy atom. The number of amides is 2. The number of nitrogens with one attached hydrogen (secondary N) is 2. The molecule has 0 radical (unpaired) electrons. The van der Waals surface area contributed by atoms with Crippen molar-refractivity contribution < 1.29 is 14.7 Å². The molecule has 116 valence electrons. The van der Waals surface area contributed by atoms with Crippen LogP contribution in [0.5, 0.6) is 0 Å². The summed E-state index contributed by atoms with van der Waals surface area (Å²) in [7, 11) is 1.69. The lowest BCUT2D eigenvalue weighted by Crippen LogP contribution is -2.43. The number of carboxylic acids is 1. The van der Waals surface area contributed by atoms with Crippen molar-refractivity contribution in [3.8, 4) is 0 Å². The van der Waals surface area contributed by atoms with Crippen LogP contribution in [-0.4, -0.2) is 32.9 Å². The molecule has 1 unspecified atom stereocenters. The van der Waals surface area contributed by atoms with Gasteiger partial charge in [-0.3, -0.25) is 4.68 Å². The van der Waals surface area contributed by atoms with Crippen LogP contribution < -0.4 is 10.6 Å². The molecule has 21 heavy (non-hydrogen) atoms. The van der Waals surface area contributed by atoms with E-state index < -0.39 is 18.0 Å². The second kappa shape index (κ2) is 4.75. The van der Waals surface area contributed by atoms with Gasteiger partial charge in [-0.15, -0.1) is 0 Å². The number of rotatable bonds is 4. The van der Waals surface area contributed by atoms with Crippen LogP contribution in [0.25, 0.3) is 0 Å². The molecule has 0 spiro atoms. The predicted octanol–water partition coefficient (Wildman–Crippen LogP) is 1.28. The molecule has 1 saturated carbocycles. The van der Waals surface area contributed by atoms with Gasteiger partial charge >= 0.3 is 12.0 Å². The highest BCUT2D eigenvalue weighted by Gasteiger charge is 2.65. The zero-order chi connectivity index (χ0) is 16.0. The Labute approximate surface area is 123 Å². The number of carbonyl (C=O) groups is 2. The molecule has 3 N–H and O–H groups in total. The number of hydrogen-bond acceptors (Lipinski definition) is 3. The smallest absolute Gasteiger partial charge is 0.331 e. The topological polar surface area (TPSA) is 96.2 Å². The van der Waals surface area contributed by atoms with Gasteiger partial charge in [-0.05, 0) is 10.8 Å². The van der Waals surface area contributed by atoms with Crippen molar-refractivity contribution in [1.82, 2.24) is 20.4 Å². The monoisotopic (exact) mass is 294 g/mol. The second-order valence-electron chi connectivity index (χ2n) is 6.71. The van der Waals surface area contributed by atoms with Crippen molar-refractivity contribution >= 4 is 12.0 Å². The van der Waals surface area contributed by atoms with Gasteiger partial charge in [0.1, 0.15) is 0 Å². The molecule has 1 aromatic rings. The van der Waals surface area contributed by atoms with Crippen LogP contribution in [-0.2, 0) is 11.8 Å². The maximum atomic E-state index is 12.1. The Balaban J connectivity index is 2.02. The fraction of sp³-hybridized carbons (Fsp3) is 0.643. The van der Waals surface area contributed by atoms with Crippen molar-refractivity contribution in [3.05, 3.63) is 18.0 Å². The molecule has 1 fully saturated rings. The summed E-state index contributed by atoms with van der Waals surface area (Å²) in [4.78, 5) is 23.4. The molecule has 0 aromatic carbocycles. The maximum absolute atomic E-state index is 12.1. The first kappa shape index (κ1) is 15.3. The summed E-state index contributed by atoms with van der Waals surface area (Å²) in [5, 5.41) is 18.5. The first-order valence-electron chi connectivity index (χ1n) is 6.85. The third-order valence-corrected chi connectivity index (χ3v) is 4.88. The van der Waals surface area contributed by atoms with Gasteiger partial charge in [0.25, 0.3) is 0 Å². The SMILES string of the molecule is Cn1cc(C(NC(=O)NC2C(C)(C)C2(C)C)C(=O)O)cn1. The first-order chi connectivity index (χ1) is 9.57. The van der Waals surface area contributed by atoms with Gasteiger partial charge in [0.2, 0.25) is 0 Å². The van der Waals surface area contributed by atoms with Crippen LogP contribution in [0.3, 0.4) is 0 Å². The Hall–Kier alpha value is -2.05. The molecule has 2 rings (SSSR count). The normalized spacial score (nSPS) is 20.6. The average molecular weight is 294 g/mol. The van der Waals surface area contributed by atoms with Gasteiger partial charge in [-0.2, -0.15) is 5.10 Å². The molecule has 0 aliphatic heterocycles. The highest BCUT2D eigenvalue weighted by molar-refractivity contribution is 5.84. The van der Waals surface area contributed by atoms with E-state index in [2.05, 4.69) is 43.4 Å². The number of aryl methyl sites for hydroxylation is 1. The molecule has 0 bridgehead atoms. The summed E-state index contributed by atoms with van der Waals surface area (Å²) in [5.41, 5.74) is 0.434. The number of nitrogens with zero attached hydrogens (tertiary/aromatic N) is 2. The number of carbonyl (C=O) groups excluding carboxylic acids is 1. The molecular weight excluding hydrogens is 272 g/mol. The minimum Gasteiger partial charge on any atom is -0.479 e. The molecule has 7 nitrogen and oxygen atoms in total. The van der Waals surface area contributed by atoms with E-state index in [-0.39, 0.29) is 16.9 Å². The molecule has 1 atom stereocenters. The summed E-state index contributed by atoms with van der Waals surface area (Å²) < 4.78 is 1.50. The molecular formula is C14H22N4O3. The lowest BCUT2D eigenvalue weighted by atomic mass is 10.0. The molecule has 1 aromatic heterocycles. The summed E-state index contributed by atoms with van der Waals surface area (Å²) >= 11 is 0. The molecule has 1 aliphatic rings. The van der Waals surface area contributed by atoms with Gasteiger partial charge in [-0.1, -0.05) is 27.7 Å². The quantitative estimate of drug-likeness (QED) is 0.779. The molecule has 7 heteroatoms. The van der Waals surface area contributed by atoms with E-state index in [0.717, 1.165) is 0 Å². The van der Waals surface area contributed by atoms with E-state index in [1.165, 1.54) is 10.9 Å². The number of urea groups is 1. The van der Waals surface area contributed by atoms with E-state index in [1.807, 2.05) is 0 Å². The van der Waals surface area contributed by atoms with Gasteiger partial charge in [0, 0.05) is 24.8 Å². The predicted molar refractivity (Wildman–Crippen MR) is 76.6 cm³/mol. The van der Waals surface area contributed by atoms with Crippen LogP contribution in [0.4, 0.5) is 4.79 Å². The number of aromatic nitrogens is 2. The maximum Gasteiger partial charge on any atom is 0.331 e.